The van der Waals surface area contributed by atoms with E-state index in [0.717, 1.165) is 13.0 Å². The second-order valence-electron chi connectivity index (χ2n) is 3.26. The Hall–Kier alpha value is -0.570. The number of hydrogen-bond acceptors (Lipinski definition) is 3. The van der Waals surface area contributed by atoms with Crippen molar-refractivity contribution in [2.45, 2.75) is 27.2 Å². The second kappa shape index (κ2) is 4.45. The minimum Gasteiger partial charge on any atom is -0.375 e. The molecule has 0 saturated carbocycles. The Morgan fingerprint density at radius 2 is 2.33 bits per heavy atom. The molecule has 1 aromatic rings. The van der Waals surface area contributed by atoms with Gasteiger partial charge in [-0.2, -0.15) is 0 Å². The van der Waals surface area contributed by atoms with Crippen LogP contribution in [0.25, 0.3) is 0 Å². The molecule has 1 rings (SSSR count). The molecular formula is C9H16N2S. The lowest BCUT2D eigenvalue weighted by atomic mass is 10.2. The first-order chi connectivity index (χ1) is 5.74. The van der Waals surface area contributed by atoms with Crippen LogP contribution in [0.15, 0.2) is 5.51 Å². The third-order valence-corrected chi connectivity index (χ3v) is 2.47. The number of nitrogens with zero attached hydrogens (tertiary/aromatic N) is 1. The van der Waals surface area contributed by atoms with Crippen molar-refractivity contribution in [3.05, 3.63) is 11.2 Å². The summed E-state index contributed by atoms with van der Waals surface area (Å²) in [5.74, 6) is 0.691. The maximum atomic E-state index is 4.27. The molecule has 0 spiro atoms. The van der Waals surface area contributed by atoms with Gasteiger partial charge in [0.2, 0.25) is 0 Å². The Bertz CT molecular complexity index is 230. The first kappa shape index (κ1) is 9.52. The highest BCUT2D eigenvalue weighted by Gasteiger charge is 2.03. The van der Waals surface area contributed by atoms with Gasteiger partial charge in [0.15, 0.2) is 0 Å². The van der Waals surface area contributed by atoms with Gasteiger partial charge in [0, 0.05) is 6.54 Å². The van der Waals surface area contributed by atoms with Gasteiger partial charge in [0.05, 0.1) is 11.2 Å². The van der Waals surface area contributed by atoms with Crippen molar-refractivity contribution in [2.24, 2.45) is 5.92 Å². The number of aryl methyl sites for hydroxylation is 1. The largest absolute Gasteiger partial charge is 0.375 e. The van der Waals surface area contributed by atoms with E-state index in [-0.39, 0.29) is 0 Å². The van der Waals surface area contributed by atoms with Crippen LogP contribution in [-0.4, -0.2) is 11.5 Å². The molecule has 68 valence electrons. The van der Waals surface area contributed by atoms with Crippen molar-refractivity contribution < 1.29 is 0 Å². The van der Waals surface area contributed by atoms with Crippen molar-refractivity contribution in [1.29, 1.82) is 0 Å². The standard InChI is InChI=1S/C9H16N2S/c1-4-8-9(12-6-11-8)10-5-7(2)3/h6-7,10H,4-5H2,1-3H3. The quantitative estimate of drug-likeness (QED) is 0.778. The van der Waals surface area contributed by atoms with Crippen LogP contribution < -0.4 is 5.32 Å². The molecule has 0 radical (unpaired) electrons. The van der Waals surface area contributed by atoms with Crippen molar-refractivity contribution in [1.82, 2.24) is 4.98 Å². The molecule has 1 N–H and O–H groups in total. The minimum absolute atomic E-state index is 0.691. The molecule has 0 bridgehead atoms. The fourth-order valence-corrected chi connectivity index (χ4v) is 1.75. The average molecular weight is 184 g/mol. The van der Waals surface area contributed by atoms with Gasteiger partial charge in [-0.3, -0.25) is 0 Å². The number of nitrogens with one attached hydrogen (secondary N) is 1. The Morgan fingerprint density at radius 1 is 1.58 bits per heavy atom. The summed E-state index contributed by atoms with van der Waals surface area (Å²) in [5, 5.41) is 4.64. The zero-order valence-corrected chi connectivity index (χ0v) is 8.74. The van der Waals surface area contributed by atoms with Gasteiger partial charge in [0.25, 0.3) is 0 Å². The fraction of sp³-hybridized carbons (Fsp3) is 0.667. The minimum atomic E-state index is 0.691. The van der Waals surface area contributed by atoms with E-state index < -0.39 is 0 Å². The summed E-state index contributed by atoms with van der Waals surface area (Å²) in [6.07, 6.45) is 1.02. The molecular weight excluding hydrogens is 168 g/mol. The van der Waals surface area contributed by atoms with E-state index in [2.05, 4.69) is 31.1 Å². The van der Waals surface area contributed by atoms with Crippen molar-refractivity contribution in [2.75, 3.05) is 11.9 Å². The van der Waals surface area contributed by atoms with Gasteiger partial charge in [-0.05, 0) is 12.3 Å². The van der Waals surface area contributed by atoms with Crippen LogP contribution in [0.5, 0.6) is 0 Å². The maximum Gasteiger partial charge on any atom is 0.112 e. The zero-order chi connectivity index (χ0) is 8.97. The molecule has 0 atom stereocenters. The Balaban J connectivity index is 2.50. The van der Waals surface area contributed by atoms with E-state index in [0.29, 0.717) is 5.92 Å². The fourth-order valence-electron chi connectivity index (χ4n) is 0.962. The van der Waals surface area contributed by atoms with Crippen molar-refractivity contribution in [3.8, 4) is 0 Å². The topological polar surface area (TPSA) is 24.9 Å². The third-order valence-electron chi connectivity index (χ3n) is 1.65. The number of aromatic nitrogens is 1. The van der Waals surface area contributed by atoms with E-state index in [1.807, 2.05) is 5.51 Å². The van der Waals surface area contributed by atoms with Crippen LogP contribution >= 0.6 is 11.3 Å². The number of anilines is 1. The van der Waals surface area contributed by atoms with E-state index in [1.165, 1.54) is 10.7 Å². The van der Waals surface area contributed by atoms with Gasteiger partial charge < -0.3 is 5.32 Å². The van der Waals surface area contributed by atoms with Gasteiger partial charge >= 0.3 is 0 Å². The van der Waals surface area contributed by atoms with Gasteiger partial charge in [-0.25, -0.2) is 4.98 Å². The highest BCUT2D eigenvalue weighted by atomic mass is 32.1. The average Bonchev–Trinajstić information content (AvgIpc) is 2.47. The Morgan fingerprint density at radius 3 is 2.92 bits per heavy atom. The van der Waals surface area contributed by atoms with Crippen LogP contribution in [0.2, 0.25) is 0 Å². The maximum absolute atomic E-state index is 4.27. The highest BCUT2D eigenvalue weighted by molar-refractivity contribution is 7.14. The molecule has 0 aliphatic heterocycles. The van der Waals surface area contributed by atoms with Gasteiger partial charge in [-0.1, -0.05) is 20.8 Å². The third kappa shape index (κ3) is 2.48. The summed E-state index contributed by atoms with van der Waals surface area (Å²) < 4.78 is 0. The molecule has 0 unspecified atom stereocenters. The summed E-state index contributed by atoms with van der Waals surface area (Å²) in [5.41, 5.74) is 3.10. The molecule has 0 saturated heterocycles. The number of rotatable bonds is 4. The van der Waals surface area contributed by atoms with E-state index >= 15 is 0 Å². The lowest BCUT2D eigenvalue weighted by molar-refractivity contribution is 0.689. The molecule has 1 heterocycles. The SMILES string of the molecule is CCc1ncsc1NCC(C)C. The lowest BCUT2D eigenvalue weighted by Crippen LogP contribution is -2.07. The van der Waals surface area contributed by atoms with Crippen molar-refractivity contribution >= 4 is 16.3 Å². The summed E-state index contributed by atoms with van der Waals surface area (Å²) in [6.45, 7) is 7.59. The summed E-state index contributed by atoms with van der Waals surface area (Å²) in [7, 11) is 0. The number of thiazole rings is 1. The normalized spacial score (nSPS) is 10.7. The second-order valence-corrected chi connectivity index (χ2v) is 4.11. The Labute approximate surface area is 78.0 Å². The van der Waals surface area contributed by atoms with Gasteiger partial charge in [-0.15, -0.1) is 11.3 Å². The summed E-state index contributed by atoms with van der Waals surface area (Å²) in [4.78, 5) is 4.27. The van der Waals surface area contributed by atoms with Crippen LogP contribution in [0, 0.1) is 5.92 Å². The Kier molecular flexibility index (Phi) is 3.53. The molecule has 0 amide bonds. The monoisotopic (exact) mass is 184 g/mol. The molecule has 2 nitrogen and oxygen atoms in total. The summed E-state index contributed by atoms with van der Waals surface area (Å²) >= 11 is 1.69. The predicted molar refractivity (Wildman–Crippen MR) is 54.8 cm³/mol. The molecule has 3 heteroatoms. The van der Waals surface area contributed by atoms with Crippen molar-refractivity contribution in [3.63, 3.8) is 0 Å². The van der Waals surface area contributed by atoms with E-state index in [4.69, 9.17) is 0 Å². The van der Waals surface area contributed by atoms with Gasteiger partial charge in [0.1, 0.15) is 5.00 Å². The molecule has 12 heavy (non-hydrogen) atoms. The van der Waals surface area contributed by atoms with E-state index in [1.54, 1.807) is 11.3 Å². The first-order valence-electron chi connectivity index (χ1n) is 4.40. The van der Waals surface area contributed by atoms with E-state index in [9.17, 15) is 0 Å². The summed E-state index contributed by atoms with van der Waals surface area (Å²) in [6, 6.07) is 0. The molecule has 1 aromatic heterocycles. The first-order valence-corrected chi connectivity index (χ1v) is 5.28. The highest BCUT2D eigenvalue weighted by Crippen LogP contribution is 2.20. The van der Waals surface area contributed by atoms with Crippen LogP contribution in [0.4, 0.5) is 5.00 Å². The zero-order valence-electron chi connectivity index (χ0n) is 7.92. The number of hydrogen-bond donors (Lipinski definition) is 1. The molecule has 0 aliphatic carbocycles. The molecule has 0 aliphatic rings. The lowest BCUT2D eigenvalue weighted by Gasteiger charge is -2.07. The molecule has 0 aromatic carbocycles. The van der Waals surface area contributed by atoms with Crippen LogP contribution in [0.3, 0.4) is 0 Å². The predicted octanol–water partition coefficient (Wildman–Crippen LogP) is 2.77. The molecule has 0 fully saturated rings. The van der Waals surface area contributed by atoms with Crippen LogP contribution in [-0.2, 0) is 6.42 Å². The smallest absolute Gasteiger partial charge is 0.112 e. The van der Waals surface area contributed by atoms with Crippen LogP contribution in [0.1, 0.15) is 26.5 Å².